The summed E-state index contributed by atoms with van der Waals surface area (Å²) in [6.45, 7) is 6.84. The Kier molecular flexibility index (Phi) is 3.88. The van der Waals surface area contributed by atoms with Crippen LogP contribution >= 0.6 is 15.9 Å². The lowest BCUT2D eigenvalue weighted by Crippen LogP contribution is -2.15. The Balaban J connectivity index is 2.48. The summed E-state index contributed by atoms with van der Waals surface area (Å²) in [5, 5.41) is 2.72. The van der Waals surface area contributed by atoms with Gasteiger partial charge in [0, 0.05) is 4.83 Å². The number of halogens is 1. The first kappa shape index (κ1) is 12.6. The second-order valence-electron chi connectivity index (χ2n) is 5.05. The summed E-state index contributed by atoms with van der Waals surface area (Å²) in [6, 6.07) is 15.2. The average molecular weight is 291 g/mol. The molecule has 1 heteroatoms. The van der Waals surface area contributed by atoms with Gasteiger partial charge in [-0.15, -0.1) is 0 Å². The lowest BCUT2D eigenvalue weighted by atomic mass is 9.88. The molecular formula is C16H19Br. The summed E-state index contributed by atoms with van der Waals surface area (Å²) in [4.78, 5) is 0.522. The maximum absolute atomic E-state index is 3.83. The highest BCUT2D eigenvalue weighted by molar-refractivity contribution is 9.09. The molecule has 2 aromatic rings. The van der Waals surface area contributed by atoms with Gasteiger partial charge in [0.2, 0.25) is 0 Å². The standard InChI is InChI=1S/C16H19Br/c1-11(2)16(17)12(3)14-10-6-8-13-7-4-5-9-15(13)14/h4-12,16H,1-3H3. The minimum atomic E-state index is 0.522. The highest BCUT2D eigenvalue weighted by Crippen LogP contribution is 2.33. The van der Waals surface area contributed by atoms with Crippen molar-refractivity contribution < 1.29 is 0 Å². The van der Waals surface area contributed by atoms with E-state index in [0.29, 0.717) is 16.7 Å². The normalized spacial score (nSPS) is 15.1. The number of benzene rings is 2. The van der Waals surface area contributed by atoms with Crippen LogP contribution in [0.1, 0.15) is 32.3 Å². The summed E-state index contributed by atoms with van der Waals surface area (Å²) >= 11 is 3.83. The number of rotatable bonds is 3. The molecule has 0 aliphatic carbocycles. The first-order valence-electron chi connectivity index (χ1n) is 6.23. The Morgan fingerprint density at radius 2 is 1.53 bits per heavy atom. The van der Waals surface area contributed by atoms with Crippen molar-refractivity contribution in [2.24, 2.45) is 5.92 Å². The van der Waals surface area contributed by atoms with Crippen LogP contribution in [0.3, 0.4) is 0 Å². The zero-order valence-electron chi connectivity index (χ0n) is 10.7. The van der Waals surface area contributed by atoms with Gasteiger partial charge in [0.05, 0.1) is 0 Å². The van der Waals surface area contributed by atoms with E-state index in [1.807, 2.05) is 0 Å². The predicted octanol–water partition coefficient (Wildman–Crippen LogP) is 5.36. The third-order valence-corrected chi connectivity index (χ3v) is 5.28. The van der Waals surface area contributed by atoms with E-state index in [2.05, 4.69) is 79.2 Å². The molecule has 2 atom stereocenters. The van der Waals surface area contributed by atoms with E-state index < -0.39 is 0 Å². The number of fused-ring (bicyclic) bond motifs is 1. The minimum absolute atomic E-state index is 0.522. The molecule has 0 heterocycles. The molecule has 0 fully saturated rings. The molecule has 90 valence electrons. The van der Waals surface area contributed by atoms with Gasteiger partial charge < -0.3 is 0 Å². The van der Waals surface area contributed by atoms with Crippen molar-refractivity contribution >= 4 is 26.7 Å². The SMILES string of the molecule is CC(C)C(Br)C(C)c1cccc2ccccc12. The summed E-state index contributed by atoms with van der Waals surface area (Å²) in [7, 11) is 0. The smallest absolute Gasteiger partial charge is 0.0235 e. The molecule has 0 aliphatic heterocycles. The zero-order valence-corrected chi connectivity index (χ0v) is 12.2. The second kappa shape index (κ2) is 5.22. The summed E-state index contributed by atoms with van der Waals surface area (Å²) < 4.78 is 0. The van der Waals surface area contributed by atoms with Crippen molar-refractivity contribution in [2.45, 2.75) is 31.5 Å². The van der Waals surface area contributed by atoms with Gasteiger partial charge in [-0.25, -0.2) is 0 Å². The molecule has 17 heavy (non-hydrogen) atoms. The summed E-state index contributed by atoms with van der Waals surface area (Å²) in [5.41, 5.74) is 1.44. The molecule has 2 aromatic carbocycles. The molecule has 0 aromatic heterocycles. The van der Waals surface area contributed by atoms with Gasteiger partial charge in [-0.1, -0.05) is 79.2 Å². The molecule has 0 radical (unpaired) electrons. The van der Waals surface area contributed by atoms with Crippen LogP contribution < -0.4 is 0 Å². The molecule has 0 bridgehead atoms. The second-order valence-corrected chi connectivity index (χ2v) is 6.10. The van der Waals surface area contributed by atoms with Crippen molar-refractivity contribution in [3.63, 3.8) is 0 Å². The Hall–Kier alpha value is -0.820. The van der Waals surface area contributed by atoms with Crippen LogP contribution in [-0.4, -0.2) is 4.83 Å². The van der Waals surface area contributed by atoms with Crippen LogP contribution in [0.15, 0.2) is 42.5 Å². The van der Waals surface area contributed by atoms with Crippen LogP contribution in [0, 0.1) is 5.92 Å². The zero-order chi connectivity index (χ0) is 12.4. The van der Waals surface area contributed by atoms with Gasteiger partial charge in [-0.05, 0) is 28.2 Å². The first-order chi connectivity index (χ1) is 8.11. The molecule has 0 aliphatic rings. The van der Waals surface area contributed by atoms with Crippen molar-refractivity contribution in [3.8, 4) is 0 Å². The van der Waals surface area contributed by atoms with Crippen LogP contribution in [0.2, 0.25) is 0 Å². The van der Waals surface area contributed by atoms with Crippen LogP contribution in [0.4, 0.5) is 0 Å². The number of alkyl halides is 1. The van der Waals surface area contributed by atoms with Crippen LogP contribution in [-0.2, 0) is 0 Å². The van der Waals surface area contributed by atoms with Crippen LogP contribution in [0.5, 0.6) is 0 Å². The Morgan fingerprint density at radius 1 is 0.882 bits per heavy atom. The molecule has 0 amide bonds. The minimum Gasteiger partial charge on any atom is -0.0881 e. The first-order valence-corrected chi connectivity index (χ1v) is 7.14. The predicted molar refractivity (Wildman–Crippen MR) is 79.9 cm³/mol. The van der Waals surface area contributed by atoms with Crippen molar-refractivity contribution in [2.75, 3.05) is 0 Å². The quantitative estimate of drug-likeness (QED) is 0.667. The molecule has 0 nitrogen and oxygen atoms in total. The fraction of sp³-hybridized carbons (Fsp3) is 0.375. The van der Waals surface area contributed by atoms with Crippen LogP contribution in [0.25, 0.3) is 10.8 Å². The Bertz CT molecular complexity index is 496. The monoisotopic (exact) mass is 290 g/mol. The fourth-order valence-electron chi connectivity index (χ4n) is 2.40. The number of hydrogen-bond donors (Lipinski definition) is 0. The van der Waals surface area contributed by atoms with E-state index in [9.17, 15) is 0 Å². The topological polar surface area (TPSA) is 0 Å². The van der Waals surface area contributed by atoms with E-state index in [0.717, 1.165) is 0 Å². The van der Waals surface area contributed by atoms with Gasteiger partial charge >= 0.3 is 0 Å². The van der Waals surface area contributed by atoms with Gasteiger partial charge in [0.15, 0.2) is 0 Å². The highest BCUT2D eigenvalue weighted by atomic mass is 79.9. The van der Waals surface area contributed by atoms with Crippen molar-refractivity contribution in [1.82, 2.24) is 0 Å². The molecule has 0 saturated carbocycles. The fourth-order valence-corrected chi connectivity index (χ4v) is 2.68. The Morgan fingerprint density at radius 3 is 2.24 bits per heavy atom. The van der Waals surface area contributed by atoms with E-state index in [4.69, 9.17) is 0 Å². The largest absolute Gasteiger partial charge is 0.0881 e. The molecule has 0 spiro atoms. The van der Waals surface area contributed by atoms with Gasteiger partial charge in [0.25, 0.3) is 0 Å². The van der Waals surface area contributed by atoms with Crippen molar-refractivity contribution in [3.05, 3.63) is 48.0 Å². The van der Waals surface area contributed by atoms with E-state index in [1.54, 1.807) is 0 Å². The molecule has 2 rings (SSSR count). The summed E-state index contributed by atoms with van der Waals surface area (Å²) in [5.74, 6) is 1.17. The van der Waals surface area contributed by atoms with Crippen molar-refractivity contribution in [1.29, 1.82) is 0 Å². The van der Waals surface area contributed by atoms with Gasteiger partial charge in [-0.3, -0.25) is 0 Å². The third kappa shape index (κ3) is 2.55. The lowest BCUT2D eigenvalue weighted by Gasteiger charge is -2.23. The summed E-state index contributed by atoms with van der Waals surface area (Å²) in [6.07, 6.45) is 0. The molecule has 2 unspecified atom stereocenters. The van der Waals surface area contributed by atoms with E-state index in [-0.39, 0.29) is 0 Å². The van der Waals surface area contributed by atoms with Gasteiger partial charge in [0.1, 0.15) is 0 Å². The molecule has 0 saturated heterocycles. The highest BCUT2D eigenvalue weighted by Gasteiger charge is 2.20. The van der Waals surface area contributed by atoms with Gasteiger partial charge in [-0.2, -0.15) is 0 Å². The maximum atomic E-state index is 3.83. The lowest BCUT2D eigenvalue weighted by molar-refractivity contribution is 0.552. The Labute approximate surface area is 112 Å². The number of hydrogen-bond acceptors (Lipinski definition) is 0. The van der Waals surface area contributed by atoms with E-state index >= 15 is 0 Å². The average Bonchev–Trinajstić information content (AvgIpc) is 2.36. The molecule has 0 N–H and O–H groups in total. The molecular weight excluding hydrogens is 272 g/mol. The maximum Gasteiger partial charge on any atom is 0.0235 e. The third-order valence-electron chi connectivity index (χ3n) is 3.43. The van der Waals surface area contributed by atoms with E-state index in [1.165, 1.54) is 16.3 Å².